The first-order valence-electron chi connectivity index (χ1n) is 8.30. The molecule has 0 aromatic rings. The van der Waals surface area contributed by atoms with E-state index in [1.165, 1.54) is 32.1 Å². The number of piperidine rings is 1. The number of likely N-dealkylation sites (tertiary alicyclic amines) is 1. The van der Waals surface area contributed by atoms with E-state index in [1.807, 2.05) is 11.8 Å². The van der Waals surface area contributed by atoms with E-state index >= 15 is 0 Å². The lowest BCUT2D eigenvalue weighted by Gasteiger charge is -2.35. The number of carbonyl (C=O) groups is 1. The first kappa shape index (κ1) is 15.8. The average molecular weight is 282 g/mol. The van der Waals surface area contributed by atoms with Crippen LogP contribution in [0.5, 0.6) is 0 Å². The minimum Gasteiger partial charge on any atom is -0.393 e. The van der Waals surface area contributed by atoms with Crippen molar-refractivity contribution in [3.05, 3.63) is 0 Å². The van der Waals surface area contributed by atoms with E-state index in [-0.39, 0.29) is 18.1 Å². The number of rotatable bonds is 4. The molecule has 4 nitrogen and oxygen atoms in total. The predicted octanol–water partition coefficient (Wildman–Crippen LogP) is 1.90. The number of amides is 1. The number of carbonyl (C=O) groups excluding carboxylic acids is 1. The number of aliphatic hydroxyl groups is 1. The molecular weight excluding hydrogens is 252 g/mol. The van der Waals surface area contributed by atoms with Gasteiger partial charge in [0.25, 0.3) is 0 Å². The Morgan fingerprint density at radius 3 is 2.35 bits per heavy atom. The summed E-state index contributed by atoms with van der Waals surface area (Å²) in [5.41, 5.74) is 6.13. The fourth-order valence-corrected chi connectivity index (χ4v) is 3.72. The van der Waals surface area contributed by atoms with Gasteiger partial charge >= 0.3 is 0 Å². The van der Waals surface area contributed by atoms with Gasteiger partial charge in [-0.2, -0.15) is 0 Å². The Kier molecular flexibility index (Phi) is 5.85. The fourth-order valence-electron chi connectivity index (χ4n) is 3.72. The zero-order valence-electron chi connectivity index (χ0n) is 12.8. The molecule has 2 atom stereocenters. The SMILES string of the molecule is CC(O)C1CCN(C(=O)C(N)CC2CCCCC2)CC1. The number of nitrogens with two attached hydrogens (primary N) is 1. The molecule has 116 valence electrons. The third kappa shape index (κ3) is 4.19. The van der Waals surface area contributed by atoms with Crippen LogP contribution < -0.4 is 5.73 Å². The molecule has 1 aliphatic carbocycles. The van der Waals surface area contributed by atoms with Crippen LogP contribution >= 0.6 is 0 Å². The van der Waals surface area contributed by atoms with Gasteiger partial charge in [-0.15, -0.1) is 0 Å². The van der Waals surface area contributed by atoms with Crippen molar-refractivity contribution in [1.82, 2.24) is 4.90 Å². The van der Waals surface area contributed by atoms with Gasteiger partial charge in [0.15, 0.2) is 0 Å². The van der Waals surface area contributed by atoms with Crippen molar-refractivity contribution >= 4 is 5.91 Å². The molecule has 4 heteroatoms. The lowest BCUT2D eigenvalue weighted by molar-refractivity contribution is -0.135. The van der Waals surface area contributed by atoms with E-state index in [4.69, 9.17) is 5.73 Å². The van der Waals surface area contributed by atoms with Crippen LogP contribution in [0.25, 0.3) is 0 Å². The van der Waals surface area contributed by atoms with Crippen LogP contribution in [-0.4, -0.2) is 41.1 Å². The molecule has 0 radical (unpaired) electrons. The van der Waals surface area contributed by atoms with E-state index < -0.39 is 0 Å². The Labute approximate surface area is 122 Å². The second-order valence-corrected chi connectivity index (χ2v) is 6.75. The maximum atomic E-state index is 12.4. The van der Waals surface area contributed by atoms with Gasteiger partial charge in [0.05, 0.1) is 12.1 Å². The molecule has 1 aliphatic heterocycles. The largest absolute Gasteiger partial charge is 0.393 e. The lowest BCUT2D eigenvalue weighted by atomic mass is 9.84. The van der Waals surface area contributed by atoms with Gasteiger partial charge in [0, 0.05) is 13.1 Å². The third-order valence-electron chi connectivity index (χ3n) is 5.16. The molecule has 0 aromatic heterocycles. The van der Waals surface area contributed by atoms with Gasteiger partial charge < -0.3 is 15.7 Å². The summed E-state index contributed by atoms with van der Waals surface area (Å²) in [6.45, 7) is 3.36. The zero-order chi connectivity index (χ0) is 14.5. The third-order valence-corrected chi connectivity index (χ3v) is 5.16. The van der Waals surface area contributed by atoms with Crippen LogP contribution in [0, 0.1) is 11.8 Å². The molecule has 2 unspecified atom stereocenters. The molecule has 0 bridgehead atoms. The van der Waals surface area contributed by atoms with E-state index in [0.29, 0.717) is 11.8 Å². The molecule has 3 N–H and O–H groups in total. The first-order valence-corrected chi connectivity index (χ1v) is 8.30. The first-order chi connectivity index (χ1) is 9.58. The van der Waals surface area contributed by atoms with Gasteiger partial charge in [-0.3, -0.25) is 4.79 Å². The molecule has 20 heavy (non-hydrogen) atoms. The Balaban J connectivity index is 1.76. The van der Waals surface area contributed by atoms with Crippen molar-refractivity contribution in [2.45, 2.75) is 70.4 Å². The van der Waals surface area contributed by atoms with Crippen molar-refractivity contribution in [3.8, 4) is 0 Å². The molecule has 1 saturated carbocycles. The lowest BCUT2D eigenvalue weighted by Crippen LogP contribution is -2.48. The molecule has 1 saturated heterocycles. The van der Waals surface area contributed by atoms with Crippen molar-refractivity contribution in [3.63, 3.8) is 0 Å². The molecule has 0 spiro atoms. The van der Waals surface area contributed by atoms with Crippen molar-refractivity contribution in [1.29, 1.82) is 0 Å². The van der Waals surface area contributed by atoms with Crippen LogP contribution in [0.2, 0.25) is 0 Å². The van der Waals surface area contributed by atoms with E-state index in [0.717, 1.165) is 32.4 Å². The number of hydrogen-bond donors (Lipinski definition) is 2. The molecule has 0 aromatic carbocycles. The van der Waals surface area contributed by atoms with Crippen LogP contribution in [0.15, 0.2) is 0 Å². The fraction of sp³-hybridized carbons (Fsp3) is 0.938. The van der Waals surface area contributed by atoms with Gasteiger partial charge in [0.2, 0.25) is 5.91 Å². The zero-order valence-corrected chi connectivity index (χ0v) is 12.8. The standard InChI is InChI=1S/C16H30N2O2/c1-12(19)14-7-9-18(10-8-14)16(20)15(17)11-13-5-3-2-4-6-13/h12-15,19H,2-11,17H2,1H3. The van der Waals surface area contributed by atoms with Crippen molar-refractivity contribution in [2.24, 2.45) is 17.6 Å². The minimum absolute atomic E-state index is 0.125. The molecule has 2 fully saturated rings. The summed E-state index contributed by atoms with van der Waals surface area (Å²) >= 11 is 0. The van der Waals surface area contributed by atoms with Crippen LogP contribution in [0.4, 0.5) is 0 Å². The highest BCUT2D eigenvalue weighted by atomic mass is 16.3. The summed E-state index contributed by atoms with van der Waals surface area (Å²) in [4.78, 5) is 14.3. The van der Waals surface area contributed by atoms with Gasteiger partial charge in [-0.25, -0.2) is 0 Å². The smallest absolute Gasteiger partial charge is 0.239 e. The van der Waals surface area contributed by atoms with Gasteiger partial charge in [-0.1, -0.05) is 32.1 Å². The van der Waals surface area contributed by atoms with E-state index in [1.54, 1.807) is 0 Å². The topological polar surface area (TPSA) is 66.6 Å². The summed E-state index contributed by atoms with van der Waals surface area (Å²) in [6.07, 6.45) is 8.82. The minimum atomic E-state index is -0.318. The Bertz CT molecular complexity index is 306. The maximum absolute atomic E-state index is 12.4. The molecule has 2 rings (SSSR count). The predicted molar refractivity (Wildman–Crippen MR) is 80.2 cm³/mol. The van der Waals surface area contributed by atoms with Gasteiger partial charge in [-0.05, 0) is 38.0 Å². The Morgan fingerprint density at radius 2 is 1.80 bits per heavy atom. The van der Waals surface area contributed by atoms with Crippen LogP contribution in [0.1, 0.15) is 58.3 Å². The van der Waals surface area contributed by atoms with E-state index in [2.05, 4.69) is 0 Å². The Morgan fingerprint density at radius 1 is 1.20 bits per heavy atom. The quantitative estimate of drug-likeness (QED) is 0.827. The molecule has 1 amide bonds. The monoisotopic (exact) mass is 282 g/mol. The van der Waals surface area contributed by atoms with Crippen molar-refractivity contribution in [2.75, 3.05) is 13.1 Å². The molecule has 2 aliphatic rings. The summed E-state index contributed by atoms with van der Waals surface area (Å²) < 4.78 is 0. The van der Waals surface area contributed by atoms with Crippen LogP contribution in [-0.2, 0) is 4.79 Å². The highest BCUT2D eigenvalue weighted by molar-refractivity contribution is 5.81. The summed E-state index contributed by atoms with van der Waals surface area (Å²) in [5.74, 6) is 1.12. The molecular formula is C16H30N2O2. The average Bonchev–Trinajstić information content (AvgIpc) is 2.47. The number of hydrogen-bond acceptors (Lipinski definition) is 3. The Hall–Kier alpha value is -0.610. The maximum Gasteiger partial charge on any atom is 0.239 e. The highest BCUT2D eigenvalue weighted by Gasteiger charge is 2.29. The number of aliphatic hydroxyl groups excluding tert-OH is 1. The summed E-state index contributed by atoms with van der Waals surface area (Å²) in [6, 6.07) is -0.318. The summed E-state index contributed by atoms with van der Waals surface area (Å²) in [5, 5.41) is 9.60. The van der Waals surface area contributed by atoms with Crippen LogP contribution in [0.3, 0.4) is 0 Å². The molecule has 1 heterocycles. The summed E-state index contributed by atoms with van der Waals surface area (Å²) in [7, 11) is 0. The van der Waals surface area contributed by atoms with Gasteiger partial charge in [0.1, 0.15) is 0 Å². The normalized spacial score (nSPS) is 25.4. The highest BCUT2D eigenvalue weighted by Crippen LogP contribution is 2.28. The number of nitrogens with zero attached hydrogens (tertiary/aromatic N) is 1. The van der Waals surface area contributed by atoms with Crippen molar-refractivity contribution < 1.29 is 9.90 Å². The second kappa shape index (κ2) is 7.41. The van der Waals surface area contributed by atoms with E-state index in [9.17, 15) is 9.90 Å². The second-order valence-electron chi connectivity index (χ2n) is 6.75.